The van der Waals surface area contributed by atoms with Gasteiger partial charge in [-0.3, -0.25) is 29.3 Å². The van der Waals surface area contributed by atoms with Gasteiger partial charge in [-0.2, -0.15) is 34.0 Å². The van der Waals surface area contributed by atoms with Crippen molar-refractivity contribution in [2.24, 2.45) is 0 Å². The molecule has 118 heavy (non-hydrogen) atoms. The number of aryl methyl sites for hydroxylation is 1. The number of carbonyl (C=O) groups is 3. The fourth-order valence-electron chi connectivity index (χ4n) is 10.6. The van der Waals surface area contributed by atoms with Crippen molar-refractivity contribution in [1.29, 1.82) is 0 Å². The quantitative estimate of drug-likeness (QED) is 0.0706. The number of thiophene rings is 2. The molecule has 22 heteroatoms. The Labute approximate surface area is 775 Å². The summed E-state index contributed by atoms with van der Waals surface area (Å²) < 4.78 is 6.22. The number of hydrogen-bond donors (Lipinski definition) is 3. The van der Waals surface area contributed by atoms with Gasteiger partial charge in [-0.25, -0.2) is 22.7 Å². The largest absolute Gasteiger partial charge is 0.512 e. The van der Waals surface area contributed by atoms with E-state index >= 15 is 0 Å². The van der Waals surface area contributed by atoms with Crippen molar-refractivity contribution < 1.29 is 130 Å². The first kappa shape index (κ1) is 98.9. The Morgan fingerprint density at radius 3 is 1.14 bits per heavy atom. The fraction of sp³-hybridized carbons (Fsp3) is 0.0729. The van der Waals surface area contributed by atoms with Crippen molar-refractivity contribution in [3.8, 4) is 64.1 Å². The molecule has 0 aliphatic heterocycles. The number of ketones is 3. The number of aliphatic hydroxyl groups is 3. The molecule has 12 nitrogen and oxygen atoms in total. The standard InChI is InChI=1S/C15H8NS2.C15H10N.C14H10NS.2C13H8NS.C11H8N.3C5H8O2.5Ir/c1-3-7-12-10(5-1)9-14(17-12)15-16-11-6-2-4-8-13(11)18-15;1-2-7-13(8-3-1)15-14-9-5-4-6-12(14)10-11-16-15;1-10-5-4-6-11(9-10)14-15-12-7-2-3-8-13(12)16-14;1-2-7-12-10(5-1)9-13(15-12)11-6-3-4-8-14-11;1-2-6-10(7-3-1)13-14-11-8-4-5-9-12(11)15-13;1-2-6-10(7-3-1)11-8-4-5-9-12-11;3*1-4(6)3-5(2)7;;;;;/h1-8H;1-7,9-11H;2-5,7-9H,1H3;1-8H;1-6,8-9H;1-6,8-9H;3*3,6H,1-2H3;;;;;/q6*-1;;;;;;;;. The summed E-state index contributed by atoms with van der Waals surface area (Å²) >= 11 is 8.65. The van der Waals surface area contributed by atoms with Crippen molar-refractivity contribution in [1.82, 2.24) is 29.9 Å². The number of hydrogen-bond acceptors (Lipinski definition) is 17. The Bertz CT molecular complexity index is 5720. The minimum atomic E-state index is -0.125. The molecule has 18 aromatic rings. The van der Waals surface area contributed by atoms with Crippen LogP contribution in [-0.4, -0.2) is 62.6 Å². The molecule has 0 aliphatic rings. The van der Waals surface area contributed by atoms with Crippen LogP contribution in [0.1, 0.15) is 47.1 Å². The van der Waals surface area contributed by atoms with Crippen LogP contribution in [0.3, 0.4) is 0 Å². The number of benzene rings is 10. The van der Waals surface area contributed by atoms with Crippen LogP contribution in [0.25, 0.3) is 126 Å². The molecule has 0 saturated carbocycles. The summed E-state index contributed by atoms with van der Waals surface area (Å²) in [4.78, 5) is 59.1. The first-order valence-electron chi connectivity index (χ1n) is 35.5. The number of thiazole rings is 3. The predicted octanol–water partition coefficient (Wildman–Crippen LogP) is 25.9. The Balaban J connectivity index is 0.000000239. The molecule has 0 spiro atoms. The molecule has 0 atom stereocenters. The third-order valence-electron chi connectivity index (χ3n) is 15.3. The summed E-state index contributed by atoms with van der Waals surface area (Å²) in [5, 5.41) is 33.0. The molecule has 0 fully saturated rings. The third-order valence-corrected chi connectivity index (χ3v) is 20.8. The summed E-state index contributed by atoms with van der Waals surface area (Å²) in [5.41, 5.74) is 11.6. The molecular formula is C96H76Ir5N6O6S5-6. The molecule has 18 rings (SSSR count). The van der Waals surface area contributed by atoms with Crippen LogP contribution >= 0.6 is 56.7 Å². The van der Waals surface area contributed by atoms with Crippen LogP contribution < -0.4 is 0 Å². The second-order valence-electron chi connectivity index (χ2n) is 24.7. The molecule has 8 aromatic heterocycles. The van der Waals surface area contributed by atoms with Gasteiger partial charge in [0.2, 0.25) is 0 Å². The van der Waals surface area contributed by atoms with E-state index in [0.29, 0.717) is 0 Å². The predicted molar refractivity (Wildman–Crippen MR) is 471 cm³/mol. The number of nitrogens with zero attached hydrogens (tertiary/aromatic N) is 6. The summed E-state index contributed by atoms with van der Waals surface area (Å²) in [5.74, 6) is -0.187. The van der Waals surface area contributed by atoms with Gasteiger partial charge < -0.3 is 30.3 Å². The number of fused-ring (bicyclic) bond motifs is 6. The number of pyridine rings is 3. The smallest absolute Gasteiger partial charge is 0.155 e. The molecule has 8 heterocycles. The van der Waals surface area contributed by atoms with Gasteiger partial charge in [-0.05, 0) is 137 Å². The maximum atomic E-state index is 10.0. The first-order chi connectivity index (χ1) is 54.9. The second kappa shape index (κ2) is 52.3. The van der Waals surface area contributed by atoms with Gasteiger partial charge in [0.05, 0.1) is 38.8 Å². The Morgan fingerprint density at radius 2 is 0.712 bits per heavy atom. The van der Waals surface area contributed by atoms with Gasteiger partial charge in [-0.15, -0.1) is 190 Å². The normalized spacial score (nSPS) is 10.3. The molecule has 3 N–H and O–H groups in total. The van der Waals surface area contributed by atoms with Gasteiger partial charge in [0.1, 0.15) is 0 Å². The van der Waals surface area contributed by atoms with E-state index in [1.807, 2.05) is 200 Å². The van der Waals surface area contributed by atoms with E-state index in [-0.39, 0.29) is 135 Å². The van der Waals surface area contributed by atoms with Gasteiger partial charge in [0, 0.05) is 167 Å². The number of allylic oxidation sites excluding steroid dienone is 6. The van der Waals surface area contributed by atoms with Crippen molar-refractivity contribution >= 4 is 136 Å². The molecule has 0 bridgehead atoms. The molecule has 607 valence electrons. The van der Waals surface area contributed by atoms with E-state index in [9.17, 15) is 14.4 Å². The first-order valence-corrected chi connectivity index (χ1v) is 39.6. The van der Waals surface area contributed by atoms with Crippen molar-refractivity contribution in [3.05, 3.63) is 375 Å². The minimum Gasteiger partial charge on any atom is -0.512 e. The minimum absolute atomic E-state index is 0. The van der Waals surface area contributed by atoms with Crippen LogP contribution in [0.15, 0.2) is 333 Å². The van der Waals surface area contributed by atoms with Gasteiger partial charge in [-0.1, -0.05) is 116 Å². The average Bonchev–Trinajstić information content (AvgIpc) is 1.62. The molecule has 5 radical (unpaired) electrons. The van der Waals surface area contributed by atoms with Gasteiger partial charge in [0.15, 0.2) is 17.3 Å². The number of para-hydroxylation sites is 3. The third kappa shape index (κ3) is 31.9. The van der Waals surface area contributed by atoms with Gasteiger partial charge in [0.25, 0.3) is 0 Å². The summed E-state index contributed by atoms with van der Waals surface area (Å²) in [7, 11) is 0. The number of carbonyl (C=O) groups excluding carboxylic acids is 3. The Kier molecular flexibility index (Phi) is 43.9. The molecule has 0 saturated heterocycles. The molecular weight excluding hydrogens is 2450 g/mol. The van der Waals surface area contributed by atoms with Crippen molar-refractivity contribution in [3.63, 3.8) is 0 Å². The zero-order chi connectivity index (χ0) is 79.7. The van der Waals surface area contributed by atoms with E-state index < -0.39 is 0 Å². The van der Waals surface area contributed by atoms with E-state index in [2.05, 4.69) is 164 Å². The fourth-order valence-corrected chi connectivity index (χ4v) is 15.4. The zero-order valence-corrected chi connectivity index (χ0v) is 80.5. The van der Waals surface area contributed by atoms with Crippen LogP contribution in [0.4, 0.5) is 0 Å². The summed E-state index contributed by atoms with van der Waals surface area (Å²) in [6.45, 7) is 10.6. The second-order valence-corrected chi connectivity index (χ2v) is 29.9. The topological polar surface area (TPSA) is 189 Å². The molecule has 10 aromatic carbocycles. The van der Waals surface area contributed by atoms with Crippen LogP contribution in [0, 0.1) is 43.3 Å². The Morgan fingerprint density at radius 1 is 0.331 bits per heavy atom. The summed E-state index contributed by atoms with van der Waals surface area (Å²) in [6.07, 6.45) is 8.95. The monoisotopic (exact) mass is 2530 g/mol. The van der Waals surface area contributed by atoms with E-state index in [0.717, 1.165) is 80.7 Å². The number of aliphatic hydroxyl groups excluding tert-OH is 3. The van der Waals surface area contributed by atoms with E-state index in [4.69, 9.17) is 15.3 Å². The SMILES string of the molecule is CC(=O)C=C(C)O.CC(=O)C=C(C)O.CC(=O)C=C(C)O.Cc1cc[c-]c(-c2nc3ccccc3s2)c1.[Ir].[Ir].[Ir].[Ir].[Ir].[c-]1c(-c2ccccn2)sc2ccccc12.[c-]1c(-c2nc3ccccc3s2)sc2ccccc12.[c-]1ccccc1-c1ccccn1.[c-]1ccccc1-c1nc2ccccc2s1.[c-]1ccccc1-c1nccc2ccccc12. The van der Waals surface area contributed by atoms with E-state index in [1.165, 1.54) is 110 Å². The molecule has 0 amide bonds. The van der Waals surface area contributed by atoms with Crippen molar-refractivity contribution in [2.45, 2.75) is 48.5 Å². The number of rotatable bonds is 9. The maximum absolute atomic E-state index is 10.0. The summed E-state index contributed by atoms with van der Waals surface area (Å²) in [6, 6.07) is 113. The van der Waals surface area contributed by atoms with Crippen LogP contribution in [0.2, 0.25) is 0 Å². The average molecular weight is 2530 g/mol. The molecule has 0 unspecified atom stereocenters. The van der Waals surface area contributed by atoms with Gasteiger partial charge >= 0.3 is 0 Å². The maximum Gasteiger partial charge on any atom is 0.155 e. The Hall–Kier alpha value is -9.62. The zero-order valence-electron chi connectivity index (χ0n) is 64.5. The number of aromatic nitrogens is 6. The van der Waals surface area contributed by atoms with E-state index in [1.54, 1.807) is 62.9 Å². The van der Waals surface area contributed by atoms with Crippen LogP contribution in [-0.2, 0) is 115 Å². The van der Waals surface area contributed by atoms with Crippen molar-refractivity contribution in [2.75, 3.05) is 0 Å². The molecule has 0 aliphatic carbocycles. The van der Waals surface area contributed by atoms with Crippen LogP contribution in [0.5, 0.6) is 0 Å².